The molecule has 3 unspecified atom stereocenters. The van der Waals surface area contributed by atoms with Gasteiger partial charge in [0.1, 0.15) is 24.4 Å². The van der Waals surface area contributed by atoms with Crippen molar-refractivity contribution in [3.8, 4) is 0 Å². The summed E-state index contributed by atoms with van der Waals surface area (Å²) in [6, 6.07) is 14.2. The normalized spacial score (nSPS) is 28.2. The number of aliphatic hydroxyl groups excluding tert-OH is 3. The number of nitrogens with one attached hydrogen (secondary N) is 1. The lowest BCUT2D eigenvalue weighted by atomic mass is 9.95. The monoisotopic (exact) mass is 617 g/mol. The molecule has 42 heavy (non-hydrogen) atoms. The highest BCUT2D eigenvalue weighted by Gasteiger charge is 2.47. The van der Waals surface area contributed by atoms with E-state index in [2.05, 4.69) is 12.2 Å². The number of ether oxygens (including phenoxy) is 2. The average molecular weight is 618 g/mol. The van der Waals surface area contributed by atoms with E-state index in [9.17, 15) is 29.7 Å². The Labute approximate surface area is 254 Å². The summed E-state index contributed by atoms with van der Waals surface area (Å²) in [6.45, 7) is 3.23. The van der Waals surface area contributed by atoms with Crippen molar-refractivity contribution in [2.24, 2.45) is 0 Å². The zero-order valence-corrected chi connectivity index (χ0v) is 25.4. The van der Waals surface area contributed by atoms with E-state index in [1.807, 2.05) is 27.7 Å². The van der Waals surface area contributed by atoms with Crippen LogP contribution in [0.15, 0.2) is 54.6 Å². The van der Waals surface area contributed by atoms with Crippen LogP contribution in [-0.2, 0) is 19.1 Å². The third kappa shape index (κ3) is 8.15. The summed E-state index contributed by atoms with van der Waals surface area (Å²) < 4.78 is 11.5. The standard InChI is InChI=1S/C31H39NO8S2/c1-19(21-11-8-12-22(17-21)26(35)20-9-4-3-5-10-20)29(38)40-30-25(28(37)27(36)23(18-33)39-30)32-24(34)13-6-7-14-31(2)15-16-41-42-31/h3-5,8-12,17,19,23,25,27-28,30,33,36-37H,6-7,13-16,18H2,1-2H3,(H,32,34)/t19?,23?,25?,27-,28-,30+,31-/m1/s1. The van der Waals surface area contributed by atoms with Crippen LogP contribution >= 0.6 is 21.6 Å². The van der Waals surface area contributed by atoms with Crippen LogP contribution < -0.4 is 5.32 Å². The van der Waals surface area contributed by atoms with Crippen molar-refractivity contribution in [1.82, 2.24) is 5.32 Å². The number of unbranched alkanes of at least 4 members (excludes halogenated alkanes) is 1. The van der Waals surface area contributed by atoms with Gasteiger partial charge in [0.15, 0.2) is 5.78 Å². The smallest absolute Gasteiger partial charge is 0.315 e. The van der Waals surface area contributed by atoms with E-state index in [0.717, 1.165) is 25.0 Å². The van der Waals surface area contributed by atoms with Crippen molar-refractivity contribution in [3.05, 3.63) is 71.3 Å². The van der Waals surface area contributed by atoms with E-state index < -0.39 is 49.1 Å². The fourth-order valence-electron chi connectivity index (χ4n) is 5.09. The molecule has 0 aliphatic carbocycles. The Balaban J connectivity index is 1.39. The Kier molecular flexibility index (Phi) is 11.5. The summed E-state index contributed by atoms with van der Waals surface area (Å²) in [7, 11) is 3.77. The van der Waals surface area contributed by atoms with Gasteiger partial charge >= 0.3 is 5.97 Å². The molecule has 2 aliphatic heterocycles. The van der Waals surface area contributed by atoms with Gasteiger partial charge in [-0.15, -0.1) is 0 Å². The van der Waals surface area contributed by atoms with Gasteiger partial charge in [-0.25, -0.2) is 0 Å². The third-order valence-corrected chi connectivity index (χ3v) is 11.2. The molecule has 7 atom stereocenters. The predicted octanol–water partition coefficient (Wildman–Crippen LogP) is 3.59. The second-order valence-electron chi connectivity index (χ2n) is 11.1. The first kappa shape index (κ1) is 32.5. The highest BCUT2D eigenvalue weighted by molar-refractivity contribution is 8.77. The van der Waals surface area contributed by atoms with Crippen molar-refractivity contribution in [1.29, 1.82) is 0 Å². The first-order valence-electron chi connectivity index (χ1n) is 14.2. The molecule has 0 spiro atoms. The van der Waals surface area contributed by atoms with Gasteiger partial charge in [-0.1, -0.05) is 76.5 Å². The first-order chi connectivity index (χ1) is 20.1. The van der Waals surface area contributed by atoms with E-state index >= 15 is 0 Å². The van der Waals surface area contributed by atoms with Crippen LogP contribution in [0.5, 0.6) is 0 Å². The van der Waals surface area contributed by atoms with Crippen LogP contribution in [0, 0.1) is 0 Å². The van der Waals surface area contributed by atoms with Crippen molar-refractivity contribution in [3.63, 3.8) is 0 Å². The number of esters is 1. The summed E-state index contributed by atoms with van der Waals surface area (Å²) in [5.74, 6) is -0.956. The van der Waals surface area contributed by atoms with Gasteiger partial charge < -0.3 is 30.1 Å². The second-order valence-corrected chi connectivity index (χ2v) is 14.1. The van der Waals surface area contributed by atoms with Gasteiger partial charge in [-0.2, -0.15) is 0 Å². The maximum absolute atomic E-state index is 13.2. The van der Waals surface area contributed by atoms with Crippen LogP contribution in [0.2, 0.25) is 0 Å². The van der Waals surface area contributed by atoms with Crippen LogP contribution in [0.4, 0.5) is 0 Å². The van der Waals surface area contributed by atoms with E-state index in [1.165, 1.54) is 0 Å². The number of ketones is 1. The Hall–Kier alpha value is -2.41. The molecule has 228 valence electrons. The molecule has 2 saturated heterocycles. The van der Waals surface area contributed by atoms with Crippen LogP contribution in [0.1, 0.15) is 73.4 Å². The molecule has 2 aromatic carbocycles. The lowest BCUT2D eigenvalue weighted by Gasteiger charge is -2.42. The van der Waals surface area contributed by atoms with Crippen LogP contribution in [-0.4, -0.2) is 80.7 Å². The van der Waals surface area contributed by atoms with Crippen molar-refractivity contribution in [2.45, 2.75) is 87.3 Å². The number of hydrogen-bond acceptors (Lipinski definition) is 10. The third-order valence-electron chi connectivity index (χ3n) is 7.81. The molecular weight excluding hydrogens is 578 g/mol. The molecule has 9 nitrogen and oxygen atoms in total. The summed E-state index contributed by atoms with van der Waals surface area (Å²) in [6.07, 6.45) is -1.82. The molecule has 2 fully saturated rings. The lowest BCUT2D eigenvalue weighted by molar-refractivity contribution is -0.264. The summed E-state index contributed by atoms with van der Waals surface area (Å²) >= 11 is 0. The van der Waals surface area contributed by atoms with Crippen molar-refractivity contribution in [2.75, 3.05) is 12.4 Å². The van der Waals surface area contributed by atoms with Gasteiger partial charge in [0.2, 0.25) is 12.2 Å². The summed E-state index contributed by atoms with van der Waals surface area (Å²) in [5, 5.41) is 33.6. The van der Waals surface area contributed by atoms with E-state index in [1.54, 1.807) is 55.5 Å². The molecule has 2 aromatic rings. The fourth-order valence-corrected chi connectivity index (χ4v) is 8.38. The van der Waals surface area contributed by atoms with Gasteiger partial charge in [-0.05, 0) is 44.7 Å². The van der Waals surface area contributed by atoms with Crippen LogP contribution in [0.25, 0.3) is 0 Å². The molecule has 4 N–H and O–H groups in total. The van der Waals surface area contributed by atoms with E-state index in [4.69, 9.17) is 9.47 Å². The molecule has 0 bridgehead atoms. The maximum Gasteiger partial charge on any atom is 0.315 e. The number of amides is 1. The van der Waals surface area contributed by atoms with Gasteiger partial charge in [0.05, 0.1) is 12.5 Å². The van der Waals surface area contributed by atoms with Gasteiger partial charge in [0.25, 0.3) is 0 Å². The summed E-state index contributed by atoms with van der Waals surface area (Å²) in [4.78, 5) is 39.0. The lowest BCUT2D eigenvalue weighted by Crippen LogP contribution is -2.65. The minimum absolute atomic E-state index is 0.186. The molecule has 1 amide bonds. The van der Waals surface area contributed by atoms with Gasteiger partial charge in [0, 0.05) is 28.0 Å². The number of aliphatic hydroxyl groups is 3. The van der Waals surface area contributed by atoms with E-state index in [0.29, 0.717) is 23.1 Å². The largest absolute Gasteiger partial charge is 0.433 e. The molecule has 11 heteroatoms. The predicted molar refractivity (Wildman–Crippen MR) is 162 cm³/mol. The molecule has 2 heterocycles. The maximum atomic E-state index is 13.2. The fraction of sp³-hybridized carbons (Fsp3) is 0.516. The molecule has 4 rings (SSSR count). The van der Waals surface area contributed by atoms with Crippen molar-refractivity contribution >= 4 is 39.2 Å². The molecule has 0 saturated carbocycles. The van der Waals surface area contributed by atoms with Gasteiger partial charge in [-0.3, -0.25) is 14.4 Å². The first-order valence-corrected chi connectivity index (χ1v) is 16.6. The number of rotatable bonds is 12. The molecular formula is C31H39NO8S2. The minimum atomic E-state index is -1.54. The van der Waals surface area contributed by atoms with E-state index in [-0.39, 0.29) is 22.9 Å². The topological polar surface area (TPSA) is 142 Å². The summed E-state index contributed by atoms with van der Waals surface area (Å²) in [5.41, 5.74) is 1.47. The quantitative estimate of drug-likeness (QED) is 0.121. The Morgan fingerprint density at radius 3 is 2.50 bits per heavy atom. The second kappa shape index (κ2) is 14.9. The number of hydrogen-bond donors (Lipinski definition) is 4. The molecule has 2 aliphatic rings. The zero-order chi connectivity index (χ0) is 30.3. The highest BCUT2D eigenvalue weighted by atomic mass is 33.1. The zero-order valence-electron chi connectivity index (χ0n) is 23.8. The molecule has 0 aromatic heterocycles. The van der Waals surface area contributed by atoms with Crippen molar-refractivity contribution < 1.29 is 39.2 Å². The molecule has 0 radical (unpaired) electrons. The Morgan fingerprint density at radius 1 is 1.07 bits per heavy atom. The highest BCUT2D eigenvalue weighted by Crippen LogP contribution is 2.49. The Morgan fingerprint density at radius 2 is 1.81 bits per heavy atom. The Bertz CT molecular complexity index is 1220. The number of benzene rings is 2. The van der Waals surface area contributed by atoms with Crippen LogP contribution in [0.3, 0.4) is 0 Å². The number of carbonyl (C=O) groups is 3. The number of carbonyl (C=O) groups excluding carboxylic acids is 3. The average Bonchev–Trinajstić information content (AvgIpc) is 3.44. The SMILES string of the molecule is CC(C(=O)O[C@@H]1OC(CO)[C@@H](O)[C@H](O)C1NC(=O)CCCC[C@]1(C)CCSS1)c1cccc(C(=O)c2ccccc2)c1. The minimum Gasteiger partial charge on any atom is -0.433 e.